The Hall–Kier alpha value is -2.65. The molecule has 128 valence electrons. The summed E-state index contributed by atoms with van der Waals surface area (Å²) in [7, 11) is 0. The van der Waals surface area contributed by atoms with Gasteiger partial charge in [-0.1, -0.05) is 29.5 Å². The first-order chi connectivity index (χ1) is 11.9. The Bertz CT molecular complexity index is 1030. The third-order valence-electron chi connectivity index (χ3n) is 3.21. The van der Waals surface area contributed by atoms with E-state index in [1.165, 1.54) is 29.2 Å². The van der Waals surface area contributed by atoms with Gasteiger partial charge < -0.3 is 10.2 Å². The van der Waals surface area contributed by atoms with Gasteiger partial charge in [0.2, 0.25) is 5.91 Å². The number of hydrogen-bond donors (Lipinski definition) is 2. The number of nitrogens with zero attached hydrogens (tertiary/aromatic N) is 1. The minimum Gasteiger partial charge on any atom is -0.422 e. The van der Waals surface area contributed by atoms with Crippen molar-refractivity contribution in [2.24, 2.45) is 5.73 Å². The van der Waals surface area contributed by atoms with E-state index in [2.05, 4.69) is 10.3 Å². The lowest BCUT2D eigenvalue weighted by Gasteiger charge is -2.02. The molecule has 0 saturated heterocycles. The molecule has 0 fully saturated rings. The molecule has 0 aliphatic carbocycles. The number of carbonyl (C=O) groups is 2. The number of nitrogens with one attached hydrogen (secondary N) is 1. The van der Waals surface area contributed by atoms with Crippen LogP contribution in [0, 0.1) is 6.92 Å². The third kappa shape index (κ3) is 3.89. The summed E-state index contributed by atoms with van der Waals surface area (Å²) in [6.45, 7) is 1.76. The molecule has 2 aromatic heterocycles. The van der Waals surface area contributed by atoms with E-state index < -0.39 is 17.4 Å². The number of fused-ring (bicyclic) bond motifs is 1. The number of carbonyl (C=O) groups excluding carboxylic acids is 2. The molecule has 1 aromatic carbocycles. The van der Waals surface area contributed by atoms with Gasteiger partial charge in [-0.15, -0.1) is 11.8 Å². The minimum atomic E-state index is -0.715. The fraction of sp³-hybridized carbons (Fsp3) is 0.125. The van der Waals surface area contributed by atoms with Crippen LogP contribution in [0.25, 0.3) is 11.0 Å². The van der Waals surface area contributed by atoms with Crippen LogP contribution >= 0.6 is 23.1 Å². The average Bonchev–Trinajstić information content (AvgIpc) is 2.91. The van der Waals surface area contributed by atoms with Crippen LogP contribution in [-0.4, -0.2) is 22.6 Å². The molecule has 2 heterocycles. The molecule has 3 N–H and O–H groups in total. The standard InChI is InChI=1S/C16H13N3O4S2/c1-8-15(24-7-12(17)20)25-16(18-8)19-13(21)10-6-9-4-2-3-5-11(9)23-14(10)22/h2-6H,7H2,1H3,(H2,17,20)(H,18,19,21). The predicted molar refractivity (Wildman–Crippen MR) is 97.2 cm³/mol. The average molecular weight is 375 g/mol. The van der Waals surface area contributed by atoms with Crippen molar-refractivity contribution in [3.63, 3.8) is 0 Å². The van der Waals surface area contributed by atoms with Gasteiger partial charge in [-0.05, 0) is 19.1 Å². The topological polar surface area (TPSA) is 115 Å². The number of thiazole rings is 1. The first-order valence-corrected chi connectivity index (χ1v) is 8.97. The SMILES string of the molecule is Cc1nc(NC(=O)c2cc3ccccc3oc2=O)sc1SCC(N)=O. The van der Waals surface area contributed by atoms with Crippen LogP contribution in [0.1, 0.15) is 16.1 Å². The number of aromatic nitrogens is 1. The highest BCUT2D eigenvalue weighted by atomic mass is 32.2. The lowest BCUT2D eigenvalue weighted by atomic mass is 10.2. The molecule has 0 saturated carbocycles. The Balaban J connectivity index is 1.83. The zero-order valence-electron chi connectivity index (χ0n) is 13.1. The van der Waals surface area contributed by atoms with Crippen molar-refractivity contribution in [2.45, 2.75) is 11.1 Å². The molecule has 0 atom stereocenters. The van der Waals surface area contributed by atoms with Crippen molar-refractivity contribution in [3.8, 4) is 0 Å². The number of amides is 2. The third-order valence-corrected chi connectivity index (χ3v) is 5.66. The van der Waals surface area contributed by atoms with Gasteiger partial charge in [-0.2, -0.15) is 0 Å². The van der Waals surface area contributed by atoms with Crippen molar-refractivity contribution < 1.29 is 14.0 Å². The van der Waals surface area contributed by atoms with Crippen molar-refractivity contribution in [3.05, 3.63) is 52.0 Å². The first kappa shape index (κ1) is 17.2. The number of aryl methyl sites for hydroxylation is 1. The number of nitrogens with two attached hydrogens (primary N) is 1. The highest BCUT2D eigenvalue weighted by molar-refractivity contribution is 8.01. The van der Waals surface area contributed by atoms with Crippen LogP contribution in [0.3, 0.4) is 0 Å². The number of thioether (sulfide) groups is 1. The number of hydrogen-bond acceptors (Lipinski definition) is 7. The molecule has 9 heteroatoms. The van der Waals surface area contributed by atoms with E-state index in [-0.39, 0.29) is 11.3 Å². The normalized spacial score (nSPS) is 10.8. The first-order valence-electron chi connectivity index (χ1n) is 7.17. The number of rotatable bonds is 5. The molecule has 25 heavy (non-hydrogen) atoms. The Kier molecular flexibility index (Phi) is 4.86. The summed E-state index contributed by atoms with van der Waals surface area (Å²) in [6, 6.07) is 8.43. The maximum atomic E-state index is 12.4. The highest BCUT2D eigenvalue weighted by Gasteiger charge is 2.17. The van der Waals surface area contributed by atoms with Crippen molar-refractivity contribution in [1.29, 1.82) is 0 Å². The van der Waals surface area contributed by atoms with E-state index in [9.17, 15) is 14.4 Å². The van der Waals surface area contributed by atoms with Crippen molar-refractivity contribution in [1.82, 2.24) is 4.98 Å². The fourth-order valence-electron chi connectivity index (χ4n) is 2.09. The predicted octanol–water partition coefficient (Wildman–Crippen LogP) is 2.39. The minimum absolute atomic E-state index is 0.0992. The lowest BCUT2D eigenvalue weighted by Crippen LogP contribution is -2.20. The molecule has 3 aromatic rings. The highest BCUT2D eigenvalue weighted by Crippen LogP contribution is 2.32. The van der Waals surface area contributed by atoms with Gasteiger partial charge in [-0.3, -0.25) is 14.9 Å². The molecule has 0 radical (unpaired) electrons. The second-order valence-electron chi connectivity index (χ2n) is 5.09. The summed E-state index contributed by atoms with van der Waals surface area (Å²) in [5.74, 6) is -0.901. The Morgan fingerprint density at radius 3 is 2.88 bits per heavy atom. The number of para-hydroxylation sites is 1. The van der Waals surface area contributed by atoms with Gasteiger partial charge in [-0.25, -0.2) is 9.78 Å². The second-order valence-corrected chi connectivity index (χ2v) is 7.33. The van der Waals surface area contributed by atoms with Gasteiger partial charge in [0.25, 0.3) is 5.91 Å². The van der Waals surface area contributed by atoms with Gasteiger partial charge >= 0.3 is 5.63 Å². The Labute approximate surface area is 150 Å². The summed E-state index contributed by atoms with van der Waals surface area (Å²) >= 11 is 2.47. The number of anilines is 1. The summed E-state index contributed by atoms with van der Waals surface area (Å²) in [5, 5.41) is 3.58. The van der Waals surface area contributed by atoms with E-state index in [1.54, 1.807) is 31.2 Å². The second kappa shape index (κ2) is 7.08. The van der Waals surface area contributed by atoms with Crippen molar-refractivity contribution in [2.75, 3.05) is 11.1 Å². The molecule has 0 unspecified atom stereocenters. The van der Waals surface area contributed by atoms with Crippen LogP contribution < -0.4 is 16.7 Å². The molecule has 0 aliphatic rings. The molecule has 0 bridgehead atoms. The van der Waals surface area contributed by atoms with Crippen LogP contribution in [-0.2, 0) is 4.79 Å². The zero-order valence-corrected chi connectivity index (χ0v) is 14.7. The molecular formula is C16H13N3O4S2. The summed E-state index contributed by atoms with van der Waals surface area (Å²) in [4.78, 5) is 39.5. The molecule has 0 aliphatic heterocycles. The maximum Gasteiger partial charge on any atom is 0.349 e. The van der Waals surface area contributed by atoms with Crippen LogP contribution in [0.2, 0.25) is 0 Å². The van der Waals surface area contributed by atoms with Gasteiger partial charge in [0.1, 0.15) is 11.1 Å². The Morgan fingerprint density at radius 2 is 2.12 bits per heavy atom. The molecular weight excluding hydrogens is 362 g/mol. The smallest absolute Gasteiger partial charge is 0.349 e. The monoisotopic (exact) mass is 375 g/mol. The summed E-state index contributed by atoms with van der Waals surface area (Å²) in [5.41, 5.74) is 5.41. The van der Waals surface area contributed by atoms with E-state index in [1.807, 2.05) is 0 Å². The largest absolute Gasteiger partial charge is 0.422 e. The van der Waals surface area contributed by atoms with Gasteiger partial charge in [0.15, 0.2) is 5.13 Å². The van der Waals surface area contributed by atoms with Crippen LogP contribution in [0.15, 0.2) is 43.8 Å². The number of primary amides is 1. The van der Waals surface area contributed by atoms with Crippen LogP contribution in [0.4, 0.5) is 5.13 Å². The lowest BCUT2D eigenvalue weighted by molar-refractivity contribution is -0.115. The molecule has 3 rings (SSSR count). The van der Waals surface area contributed by atoms with Crippen molar-refractivity contribution >= 4 is 51.0 Å². The molecule has 7 nitrogen and oxygen atoms in total. The van der Waals surface area contributed by atoms with E-state index in [4.69, 9.17) is 10.2 Å². The van der Waals surface area contributed by atoms with E-state index in [0.717, 1.165) is 4.21 Å². The van der Waals surface area contributed by atoms with Gasteiger partial charge in [0, 0.05) is 5.39 Å². The fourth-order valence-corrected chi connectivity index (χ4v) is 3.96. The zero-order chi connectivity index (χ0) is 18.0. The quantitative estimate of drug-likeness (QED) is 0.523. The van der Waals surface area contributed by atoms with Gasteiger partial charge in [0.05, 0.1) is 15.7 Å². The number of benzene rings is 1. The maximum absolute atomic E-state index is 12.4. The Morgan fingerprint density at radius 1 is 1.36 bits per heavy atom. The molecule has 0 spiro atoms. The van der Waals surface area contributed by atoms with Crippen LogP contribution in [0.5, 0.6) is 0 Å². The molecule has 2 amide bonds. The summed E-state index contributed by atoms with van der Waals surface area (Å²) in [6.07, 6.45) is 0. The van der Waals surface area contributed by atoms with E-state index in [0.29, 0.717) is 21.8 Å². The van der Waals surface area contributed by atoms with E-state index >= 15 is 0 Å². The summed E-state index contributed by atoms with van der Waals surface area (Å²) < 4.78 is 5.93.